The first-order valence-electron chi connectivity index (χ1n) is 8.73. The predicted molar refractivity (Wildman–Crippen MR) is 102 cm³/mol. The van der Waals surface area contributed by atoms with Crippen molar-refractivity contribution in [3.05, 3.63) is 74.9 Å². The molecule has 1 aliphatic heterocycles. The van der Waals surface area contributed by atoms with Crippen LogP contribution in [0.1, 0.15) is 27.7 Å². The standard InChI is InChI=1S/C20H18ClN3O3/c1-23(2)9-10-24-17(12-5-7-22-8-6-12)16-18(25)14-11-13(21)3-4-15(14)27-19(16)20(24)26/h3-8,11,17H,9-10H2,1-2H3/p+1/t17-/m1/s1. The number of nitrogens with zero attached hydrogens (tertiary/aromatic N) is 2. The van der Waals surface area contributed by atoms with Crippen molar-refractivity contribution in [2.75, 3.05) is 27.2 Å². The summed E-state index contributed by atoms with van der Waals surface area (Å²) < 4.78 is 5.87. The van der Waals surface area contributed by atoms with Crippen LogP contribution in [-0.4, -0.2) is 43.0 Å². The fourth-order valence-corrected chi connectivity index (χ4v) is 3.63. The summed E-state index contributed by atoms with van der Waals surface area (Å²) >= 11 is 6.07. The third-order valence-corrected chi connectivity index (χ3v) is 5.04. The molecule has 138 valence electrons. The zero-order chi connectivity index (χ0) is 19.1. The van der Waals surface area contributed by atoms with Crippen LogP contribution in [0.5, 0.6) is 0 Å². The molecule has 6 nitrogen and oxygen atoms in total. The van der Waals surface area contributed by atoms with Gasteiger partial charge in [-0.3, -0.25) is 14.6 Å². The number of benzene rings is 1. The summed E-state index contributed by atoms with van der Waals surface area (Å²) in [5.41, 5.74) is 1.35. The van der Waals surface area contributed by atoms with Gasteiger partial charge in [-0.25, -0.2) is 0 Å². The Bertz CT molecular complexity index is 1080. The number of carbonyl (C=O) groups excluding carboxylic acids is 1. The molecule has 0 unspecified atom stereocenters. The van der Waals surface area contributed by atoms with Crippen LogP contribution < -0.4 is 10.3 Å². The highest BCUT2D eigenvalue weighted by Crippen LogP contribution is 2.37. The largest absolute Gasteiger partial charge is 0.450 e. The first kappa shape index (κ1) is 17.7. The first-order valence-corrected chi connectivity index (χ1v) is 9.11. The summed E-state index contributed by atoms with van der Waals surface area (Å²) in [6.07, 6.45) is 3.32. The molecular formula is C20H19ClN3O3+. The molecule has 3 aromatic rings. The van der Waals surface area contributed by atoms with Crippen molar-refractivity contribution in [1.29, 1.82) is 0 Å². The topological polar surface area (TPSA) is 67.8 Å². The molecule has 4 rings (SSSR count). The van der Waals surface area contributed by atoms with Crippen LogP contribution in [0.4, 0.5) is 0 Å². The molecule has 0 spiro atoms. The second kappa shape index (κ2) is 6.79. The summed E-state index contributed by atoms with van der Waals surface area (Å²) in [6, 6.07) is 8.01. The number of pyridine rings is 1. The van der Waals surface area contributed by atoms with Gasteiger partial charge in [0, 0.05) is 17.4 Å². The van der Waals surface area contributed by atoms with Crippen molar-refractivity contribution in [3.63, 3.8) is 0 Å². The number of amides is 1. The van der Waals surface area contributed by atoms with Crippen LogP contribution in [-0.2, 0) is 0 Å². The van der Waals surface area contributed by atoms with Gasteiger partial charge in [0.15, 0.2) is 5.43 Å². The lowest BCUT2D eigenvalue weighted by Gasteiger charge is -2.25. The van der Waals surface area contributed by atoms with Crippen LogP contribution in [0.15, 0.2) is 51.9 Å². The molecule has 1 atom stereocenters. The van der Waals surface area contributed by atoms with Crippen molar-refractivity contribution < 1.29 is 14.1 Å². The van der Waals surface area contributed by atoms with Gasteiger partial charge in [0.2, 0.25) is 5.76 Å². The number of halogens is 1. The van der Waals surface area contributed by atoms with E-state index in [0.717, 1.165) is 12.1 Å². The molecule has 0 bridgehead atoms. The van der Waals surface area contributed by atoms with E-state index in [9.17, 15) is 9.59 Å². The monoisotopic (exact) mass is 384 g/mol. The summed E-state index contributed by atoms with van der Waals surface area (Å²) in [5, 5.41) is 0.834. The number of carbonyl (C=O) groups is 1. The number of aromatic nitrogens is 1. The highest BCUT2D eigenvalue weighted by Gasteiger charge is 2.42. The molecule has 1 N–H and O–H groups in total. The summed E-state index contributed by atoms with van der Waals surface area (Å²) in [6.45, 7) is 1.26. The van der Waals surface area contributed by atoms with Crippen molar-refractivity contribution in [2.45, 2.75) is 6.04 Å². The Labute approximate surface area is 161 Å². The van der Waals surface area contributed by atoms with Crippen LogP contribution in [0.25, 0.3) is 11.0 Å². The van der Waals surface area contributed by atoms with Crippen LogP contribution in [0.3, 0.4) is 0 Å². The van der Waals surface area contributed by atoms with E-state index >= 15 is 0 Å². The Kier molecular flexibility index (Phi) is 4.45. The third kappa shape index (κ3) is 3.01. The SMILES string of the molecule is C[NH+](C)CCN1C(=O)c2oc3ccc(Cl)cc3c(=O)c2[C@H]1c1ccncc1. The van der Waals surface area contributed by atoms with E-state index in [1.807, 2.05) is 26.2 Å². The highest BCUT2D eigenvalue weighted by atomic mass is 35.5. The number of hydrogen-bond acceptors (Lipinski definition) is 4. The lowest BCUT2D eigenvalue weighted by atomic mass is 9.99. The molecular weight excluding hydrogens is 366 g/mol. The molecule has 0 aliphatic carbocycles. The van der Waals surface area contributed by atoms with Crippen LogP contribution in [0.2, 0.25) is 5.02 Å². The van der Waals surface area contributed by atoms with E-state index in [4.69, 9.17) is 16.0 Å². The molecule has 7 heteroatoms. The predicted octanol–water partition coefficient (Wildman–Crippen LogP) is 1.53. The Morgan fingerprint density at radius 2 is 1.93 bits per heavy atom. The maximum Gasteiger partial charge on any atom is 0.291 e. The number of nitrogens with one attached hydrogen (secondary N) is 1. The Balaban J connectivity index is 1.95. The van der Waals surface area contributed by atoms with E-state index in [1.165, 1.54) is 4.90 Å². The number of fused-ring (bicyclic) bond motifs is 2. The molecule has 3 heterocycles. The van der Waals surface area contributed by atoms with Crippen molar-refractivity contribution in [3.8, 4) is 0 Å². The fraction of sp³-hybridized carbons (Fsp3) is 0.250. The molecule has 0 saturated carbocycles. The maximum absolute atomic E-state index is 13.3. The molecule has 27 heavy (non-hydrogen) atoms. The summed E-state index contributed by atoms with van der Waals surface area (Å²) in [4.78, 5) is 33.3. The Hall–Kier alpha value is -2.70. The molecule has 1 aliphatic rings. The maximum atomic E-state index is 13.3. The van der Waals surface area contributed by atoms with Crippen molar-refractivity contribution in [1.82, 2.24) is 9.88 Å². The zero-order valence-corrected chi connectivity index (χ0v) is 15.8. The second-order valence-corrected chi connectivity index (χ2v) is 7.39. The summed E-state index contributed by atoms with van der Waals surface area (Å²) in [7, 11) is 4.05. The number of hydrogen-bond donors (Lipinski definition) is 1. The van der Waals surface area contributed by atoms with E-state index in [-0.39, 0.29) is 17.1 Å². The normalized spacial score (nSPS) is 16.4. The quantitative estimate of drug-likeness (QED) is 0.740. The second-order valence-electron chi connectivity index (χ2n) is 6.95. The molecule has 0 fully saturated rings. The minimum atomic E-state index is -0.491. The van der Waals surface area contributed by atoms with Gasteiger partial charge in [0.1, 0.15) is 5.58 Å². The van der Waals surface area contributed by atoms with Crippen molar-refractivity contribution in [2.24, 2.45) is 0 Å². The lowest BCUT2D eigenvalue weighted by molar-refractivity contribution is -0.857. The Morgan fingerprint density at radius 1 is 1.19 bits per heavy atom. The average Bonchev–Trinajstić information content (AvgIpc) is 2.94. The van der Waals surface area contributed by atoms with Gasteiger partial charge in [-0.15, -0.1) is 0 Å². The van der Waals surface area contributed by atoms with Gasteiger partial charge in [0.05, 0.1) is 44.2 Å². The van der Waals surface area contributed by atoms with Crippen LogP contribution in [0, 0.1) is 0 Å². The lowest BCUT2D eigenvalue weighted by Crippen LogP contribution is -3.06. The van der Waals surface area contributed by atoms with Gasteiger partial charge in [0.25, 0.3) is 5.91 Å². The molecule has 0 radical (unpaired) electrons. The van der Waals surface area contributed by atoms with Gasteiger partial charge in [-0.2, -0.15) is 0 Å². The third-order valence-electron chi connectivity index (χ3n) is 4.80. The smallest absolute Gasteiger partial charge is 0.291 e. The molecule has 1 amide bonds. The number of quaternary nitrogens is 1. The van der Waals surface area contributed by atoms with E-state index in [0.29, 0.717) is 28.1 Å². The number of rotatable bonds is 4. The van der Waals surface area contributed by atoms with Gasteiger partial charge in [-0.05, 0) is 35.9 Å². The summed E-state index contributed by atoms with van der Waals surface area (Å²) in [5.74, 6) is -0.146. The fourth-order valence-electron chi connectivity index (χ4n) is 3.46. The van der Waals surface area contributed by atoms with Gasteiger partial charge < -0.3 is 14.2 Å². The molecule has 2 aromatic heterocycles. The van der Waals surface area contributed by atoms with Gasteiger partial charge >= 0.3 is 0 Å². The first-order chi connectivity index (χ1) is 13.0. The molecule has 0 saturated heterocycles. The van der Waals surface area contributed by atoms with E-state index in [2.05, 4.69) is 4.98 Å². The zero-order valence-electron chi connectivity index (χ0n) is 15.0. The average molecular weight is 385 g/mol. The minimum absolute atomic E-state index is 0.116. The molecule has 1 aromatic carbocycles. The van der Waals surface area contributed by atoms with Gasteiger partial charge in [-0.1, -0.05) is 11.6 Å². The highest BCUT2D eigenvalue weighted by molar-refractivity contribution is 6.31. The van der Waals surface area contributed by atoms with Crippen LogP contribution >= 0.6 is 11.6 Å². The van der Waals surface area contributed by atoms with E-state index < -0.39 is 6.04 Å². The number of likely N-dealkylation sites (N-methyl/N-ethyl adjacent to an activating group) is 1. The van der Waals surface area contributed by atoms with E-state index in [1.54, 1.807) is 35.5 Å². The Morgan fingerprint density at radius 3 is 2.63 bits per heavy atom. The minimum Gasteiger partial charge on any atom is -0.450 e. The van der Waals surface area contributed by atoms with Crippen molar-refractivity contribution >= 4 is 28.5 Å².